The molecular weight excluding hydrogens is 342 g/mol. The third-order valence-electron chi connectivity index (χ3n) is 5.00. The Kier molecular flexibility index (Phi) is 5.70. The van der Waals surface area contributed by atoms with Crippen molar-refractivity contribution in [3.8, 4) is 5.75 Å². The quantitative estimate of drug-likeness (QED) is 0.629. The molecule has 2 aromatic carbocycles. The molecule has 1 fully saturated rings. The number of fused-ring (bicyclic) bond motifs is 1. The molecule has 5 heteroatoms. The summed E-state index contributed by atoms with van der Waals surface area (Å²) in [5, 5.41) is 1.17. The molecule has 27 heavy (non-hydrogen) atoms. The van der Waals surface area contributed by atoms with Crippen LogP contribution in [0.3, 0.4) is 0 Å². The highest BCUT2D eigenvalue weighted by molar-refractivity contribution is 5.77. The van der Waals surface area contributed by atoms with E-state index in [9.17, 15) is 4.39 Å². The second-order valence-electron chi connectivity index (χ2n) is 6.98. The molecule has 1 aliphatic heterocycles. The van der Waals surface area contributed by atoms with Crippen LogP contribution >= 0.6 is 0 Å². The van der Waals surface area contributed by atoms with Crippen molar-refractivity contribution in [3.05, 3.63) is 65.9 Å². The average Bonchev–Trinajstić information content (AvgIpc) is 3.11. The molecule has 0 radical (unpaired) electrons. The Hall–Kier alpha value is -2.37. The van der Waals surface area contributed by atoms with Gasteiger partial charge in [-0.3, -0.25) is 9.80 Å². The Morgan fingerprint density at radius 1 is 0.889 bits per heavy atom. The second-order valence-corrected chi connectivity index (χ2v) is 6.98. The zero-order valence-electron chi connectivity index (χ0n) is 15.4. The third-order valence-corrected chi connectivity index (χ3v) is 5.00. The first kappa shape index (κ1) is 18.0. The van der Waals surface area contributed by atoms with Crippen LogP contribution in [0.15, 0.2) is 59.0 Å². The minimum absolute atomic E-state index is 0.118. The second kappa shape index (κ2) is 8.55. The van der Waals surface area contributed by atoms with Crippen molar-refractivity contribution >= 4 is 11.0 Å². The molecule has 0 unspecified atom stereocenters. The molecule has 0 atom stereocenters. The summed E-state index contributed by atoms with van der Waals surface area (Å²) in [6.07, 6.45) is 0. The SMILES string of the molecule is [18F]CCOc1ccc(CN2CCN(Cc3cc4ccccc4o3)CC2)cc1. The van der Waals surface area contributed by atoms with Gasteiger partial charge in [0.25, 0.3) is 0 Å². The number of nitrogens with zero attached hydrogens (tertiary/aromatic N) is 2. The van der Waals surface area contributed by atoms with Gasteiger partial charge in [0.2, 0.25) is 0 Å². The Labute approximate surface area is 159 Å². The minimum atomic E-state index is -0.458. The number of hydrogen-bond acceptors (Lipinski definition) is 4. The van der Waals surface area contributed by atoms with Crippen LogP contribution in [0.2, 0.25) is 0 Å². The highest BCUT2D eigenvalue weighted by Crippen LogP contribution is 2.21. The number of benzene rings is 2. The number of alkyl halides is 1. The van der Waals surface area contributed by atoms with Gasteiger partial charge in [-0.25, -0.2) is 4.39 Å². The van der Waals surface area contributed by atoms with E-state index in [1.165, 1.54) is 10.9 Å². The molecule has 3 aromatic rings. The van der Waals surface area contributed by atoms with E-state index in [0.29, 0.717) is 0 Å². The van der Waals surface area contributed by atoms with Crippen LogP contribution in [0.5, 0.6) is 5.75 Å². The largest absolute Gasteiger partial charge is 0.491 e. The lowest BCUT2D eigenvalue weighted by molar-refractivity contribution is 0.116. The fourth-order valence-corrected chi connectivity index (χ4v) is 3.55. The summed E-state index contributed by atoms with van der Waals surface area (Å²) in [7, 11) is 0. The lowest BCUT2D eigenvalue weighted by atomic mass is 10.2. The maximum absolute atomic E-state index is 12.1. The smallest absolute Gasteiger partial charge is 0.134 e. The molecule has 0 amide bonds. The molecule has 0 saturated carbocycles. The zero-order chi connectivity index (χ0) is 18.5. The predicted molar refractivity (Wildman–Crippen MR) is 105 cm³/mol. The predicted octanol–water partition coefficient (Wildman–Crippen LogP) is 4.10. The molecule has 142 valence electrons. The van der Waals surface area contributed by atoms with Crippen LogP contribution in [-0.4, -0.2) is 49.3 Å². The van der Waals surface area contributed by atoms with Gasteiger partial charge < -0.3 is 9.15 Å². The van der Waals surface area contributed by atoms with Gasteiger partial charge in [0.1, 0.15) is 30.4 Å². The number of ether oxygens (including phenoxy) is 1. The van der Waals surface area contributed by atoms with E-state index in [-0.39, 0.29) is 6.61 Å². The molecule has 0 N–H and O–H groups in total. The van der Waals surface area contributed by atoms with E-state index >= 15 is 0 Å². The molecular formula is C22H25FN2O2. The fraction of sp³-hybridized carbons (Fsp3) is 0.364. The number of halogens is 1. The Morgan fingerprint density at radius 2 is 1.59 bits per heavy atom. The monoisotopic (exact) mass is 367 g/mol. The van der Waals surface area contributed by atoms with Crippen LogP contribution in [0.1, 0.15) is 11.3 Å². The van der Waals surface area contributed by atoms with Gasteiger partial charge in [-0.1, -0.05) is 30.3 Å². The van der Waals surface area contributed by atoms with Gasteiger partial charge in [0, 0.05) is 38.1 Å². The Bertz CT molecular complexity index is 821. The normalized spacial score (nSPS) is 16.0. The molecule has 4 rings (SSSR count). The molecule has 1 aromatic heterocycles. The van der Waals surface area contributed by atoms with Crippen LogP contribution in [0.4, 0.5) is 4.39 Å². The summed E-state index contributed by atoms with van der Waals surface area (Å²) in [5.74, 6) is 1.76. The van der Waals surface area contributed by atoms with Gasteiger partial charge in [0.05, 0.1) is 6.54 Å². The zero-order valence-corrected chi connectivity index (χ0v) is 15.4. The number of rotatable bonds is 7. The van der Waals surface area contributed by atoms with Crippen molar-refractivity contribution in [3.63, 3.8) is 0 Å². The highest BCUT2D eigenvalue weighted by atomic mass is 18.2. The number of furan rings is 1. The van der Waals surface area contributed by atoms with Crippen molar-refractivity contribution in [1.82, 2.24) is 9.80 Å². The maximum Gasteiger partial charge on any atom is 0.134 e. The Morgan fingerprint density at radius 3 is 2.30 bits per heavy atom. The first-order valence-electron chi connectivity index (χ1n) is 9.50. The first-order chi connectivity index (χ1) is 13.3. The topological polar surface area (TPSA) is 28.9 Å². The van der Waals surface area contributed by atoms with Gasteiger partial charge in [-0.2, -0.15) is 0 Å². The van der Waals surface area contributed by atoms with Gasteiger partial charge in [-0.15, -0.1) is 0 Å². The van der Waals surface area contributed by atoms with E-state index in [1.807, 2.05) is 30.3 Å². The first-order valence-corrected chi connectivity index (χ1v) is 9.50. The summed E-state index contributed by atoms with van der Waals surface area (Å²) in [5.41, 5.74) is 2.22. The summed E-state index contributed by atoms with van der Waals surface area (Å²) in [6, 6.07) is 18.3. The third kappa shape index (κ3) is 4.67. The van der Waals surface area contributed by atoms with E-state index < -0.39 is 6.67 Å². The van der Waals surface area contributed by atoms with Crippen LogP contribution in [0, 0.1) is 0 Å². The maximum atomic E-state index is 12.1. The minimum Gasteiger partial charge on any atom is -0.491 e. The standard InChI is InChI=1S/C22H25FN2O2/c23-9-14-26-20-7-5-18(6-8-20)16-24-10-12-25(13-11-24)17-21-15-19-3-1-2-4-22(19)27-21/h1-8,15H,9-14,16-17H2/i23-1. The lowest BCUT2D eigenvalue weighted by Crippen LogP contribution is -2.45. The van der Waals surface area contributed by atoms with Crippen molar-refractivity contribution in [1.29, 1.82) is 0 Å². The van der Waals surface area contributed by atoms with Crippen molar-refractivity contribution in [2.45, 2.75) is 13.1 Å². The molecule has 2 heterocycles. The van der Waals surface area contributed by atoms with Crippen LogP contribution in [0.25, 0.3) is 11.0 Å². The van der Waals surface area contributed by atoms with E-state index in [4.69, 9.17) is 9.15 Å². The fourth-order valence-electron chi connectivity index (χ4n) is 3.55. The lowest BCUT2D eigenvalue weighted by Gasteiger charge is -2.34. The number of piperazine rings is 1. The summed E-state index contributed by atoms with van der Waals surface area (Å²) < 4.78 is 23.4. The summed E-state index contributed by atoms with van der Waals surface area (Å²) in [4.78, 5) is 4.91. The Balaban J connectivity index is 1.26. The van der Waals surface area contributed by atoms with Crippen LogP contribution < -0.4 is 4.74 Å². The highest BCUT2D eigenvalue weighted by Gasteiger charge is 2.18. The van der Waals surface area contributed by atoms with Crippen LogP contribution in [-0.2, 0) is 13.1 Å². The van der Waals surface area contributed by atoms with Gasteiger partial charge in [0.15, 0.2) is 0 Å². The molecule has 0 aliphatic carbocycles. The molecule has 4 nitrogen and oxygen atoms in total. The van der Waals surface area contributed by atoms with Gasteiger partial charge >= 0.3 is 0 Å². The number of para-hydroxylation sites is 1. The summed E-state index contributed by atoms with van der Waals surface area (Å²) in [6.45, 7) is 5.61. The van der Waals surface area contributed by atoms with Crippen molar-refractivity contribution in [2.75, 3.05) is 39.5 Å². The van der Waals surface area contributed by atoms with Gasteiger partial charge in [-0.05, 0) is 29.8 Å². The number of hydrogen-bond donors (Lipinski definition) is 0. The van der Waals surface area contributed by atoms with E-state index in [1.54, 1.807) is 0 Å². The average molecular weight is 367 g/mol. The summed E-state index contributed by atoms with van der Waals surface area (Å²) >= 11 is 0. The molecule has 1 aliphatic rings. The molecule has 0 spiro atoms. The van der Waals surface area contributed by atoms with E-state index in [0.717, 1.165) is 56.4 Å². The molecule has 1 saturated heterocycles. The van der Waals surface area contributed by atoms with Crippen molar-refractivity contribution in [2.24, 2.45) is 0 Å². The van der Waals surface area contributed by atoms with E-state index in [2.05, 4.69) is 34.1 Å². The molecule has 0 bridgehead atoms. The van der Waals surface area contributed by atoms with Crippen molar-refractivity contribution < 1.29 is 13.5 Å².